The summed E-state index contributed by atoms with van der Waals surface area (Å²) in [6.07, 6.45) is 1.72. The largest absolute Gasteiger partial charge is 0.475 e. The third-order valence-electron chi connectivity index (χ3n) is 5.83. The highest BCUT2D eigenvalue weighted by molar-refractivity contribution is 5.83. The molecule has 1 saturated carbocycles. The minimum absolute atomic E-state index is 0.155. The zero-order chi connectivity index (χ0) is 17.6. The fraction of sp³-hybridized carbons (Fsp3) is 0.684. The van der Waals surface area contributed by atoms with Gasteiger partial charge in [0.25, 0.3) is 0 Å². The van der Waals surface area contributed by atoms with Gasteiger partial charge in [-0.2, -0.15) is 0 Å². The second-order valence-electron chi connectivity index (χ2n) is 8.11. The summed E-state index contributed by atoms with van der Waals surface area (Å²) in [5.74, 6) is 1.96. The van der Waals surface area contributed by atoms with Gasteiger partial charge in [-0.25, -0.2) is 4.98 Å². The SMILES string of the molecule is Cc1cccnc1OCC(C)(C)NC(=O)C1[C@@H]2[C@H]1[C@@H](C)N(C)[C@H]2C. The first-order valence-electron chi connectivity index (χ1n) is 8.81. The first-order valence-corrected chi connectivity index (χ1v) is 8.81. The van der Waals surface area contributed by atoms with Gasteiger partial charge in [0, 0.05) is 29.8 Å². The van der Waals surface area contributed by atoms with Crippen molar-refractivity contribution >= 4 is 5.91 Å². The Balaban J connectivity index is 1.56. The van der Waals surface area contributed by atoms with E-state index in [4.69, 9.17) is 4.74 Å². The normalized spacial score (nSPS) is 32.3. The Hall–Kier alpha value is -1.62. The van der Waals surface area contributed by atoms with Crippen molar-refractivity contribution in [1.82, 2.24) is 15.2 Å². The number of hydrogen-bond donors (Lipinski definition) is 1. The van der Waals surface area contributed by atoms with E-state index >= 15 is 0 Å². The fourth-order valence-corrected chi connectivity index (χ4v) is 4.19. The molecule has 1 aromatic rings. The molecule has 1 aliphatic carbocycles. The molecule has 5 nitrogen and oxygen atoms in total. The van der Waals surface area contributed by atoms with Gasteiger partial charge in [0.1, 0.15) is 6.61 Å². The first kappa shape index (κ1) is 17.2. The van der Waals surface area contributed by atoms with Crippen molar-refractivity contribution in [3.8, 4) is 5.88 Å². The number of fused-ring (bicyclic) bond motifs is 1. The number of piperidine rings is 1. The van der Waals surface area contributed by atoms with Crippen LogP contribution in [0.1, 0.15) is 33.3 Å². The van der Waals surface area contributed by atoms with Crippen LogP contribution in [0.5, 0.6) is 5.88 Å². The number of rotatable bonds is 5. The van der Waals surface area contributed by atoms with Crippen molar-refractivity contribution in [3.63, 3.8) is 0 Å². The van der Waals surface area contributed by atoms with E-state index in [1.54, 1.807) is 6.20 Å². The highest BCUT2D eigenvalue weighted by Gasteiger charge is 2.65. The number of pyridine rings is 1. The Morgan fingerprint density at radius 1 is 1.33 bits per heavy atom. The maximum atomic E-state index is 12.7. The van der Waals surface area contributed by atoms with Crippen molar-refractivity contribution in [1.29, 1.82) is 0 Å². The molecule has 0 aromatic carbocycles. The lowest BCUT2D eigenvalue weighted by atomic mass is 10.0. The van der Waals surface area contributed by atoms with Gasteiger partial charge < -0.3 is 15.0 Å². The van der Waals surface area contributed by atoms with Crippen LogP contribution in [-0.2, 0) is 4.79 Å². The Morgan fingerprint density at radius 2 is 1.96 bits per heavy atom. The lowest BCUT2D eigenvalue weighted by molar-refractivity contribution is -0.125. The lowest BCUT2D eigenvalue weighted by Gasteiger charge is -2.29. The van der Waals surface area contributed by atoms with E-state index in [-0.39, 0.29) is 11.8 Å². The summed E-state index contributed by atoms with van der Waals surface area (Å²) in [4.78, 5) is 19.3. The maximum absolute atomic E-state index is 12.7. The van der Waals surface area contributed by atoms with Crippen molar-refractivity contribution in [2.75, 3.05) is 13.7 Å². The Bertz CT molecular complexity index is 615. The molecule has 5 heteroatoms. The summed E-state index contributed by atoms with van der Waals surface area (Å²) in [5, 5.41) is 3.18. The van der Waals surface area contributed by atoms with E-state index in [1.807, 2.05) is 32.9 Å². The average Bonchev–Trinajstić information content (AvgIpc) is 3.22. The second kappa shape index (κ2) is 6.03. The van der Waals surface area contributed by atoms with E-state index in [9.17, 15) is 4.79 Å². The molecule has 1 aromatic heterocycles. The van der Waals surface area contributed by atoms with Gasteiger partial charge in [0.2, 0.25) is 11.8 Å². The molecule has 0 bridgehead atoms. The van der Waals surface area contributed by atoms with E-state index in [2.05, 4.69) is 36.1 Å². The Labute approximate surface area is 144 Å². The van der Waals surface area contributed by atoms with E-state index in [1.165, 1.54) is 0 Å². The number of likely N-dealkylation sites (tertiary alicyclic amines) is 1. The van der Waals surface area contributed by atoms with Crippen molar-refractivity contribution in [3.05, 3.63) is 23.9 Å². The second-order valence-corrected chi connectivity index (χ2v) is 8.11. The smallest absolute Gasteiger partial charge is 0.224 e. The molecule has 0 spiro atoms. The highest BCUT2D eigenvalue weighted by Crippen LogP contribution is 2.58. The molecule has 1 amide bonds. The molecule has 1 saturated heterocycles. The number of nitrogens with one attached hydrogen (secondary N) is 1. The van der Waals surface area contributed by atoms with E-state index < -0.39 is 5.54 Å². The zero-order valence-electron chi connectivity index (χ0n) is 15.5. The predicted molar refractivity (Wildman–Crippen MR) is 93.8 cm³/mol. The number of amides is 1. The van der Waals surface area contributed by atoms with Crippen molar-refractivity contribution in [2.24, 2.45) is 17.8 Å². The Kier molecular flexibility index (Phi) is 4.32. The van der Waals surface area contributed by atoms with Crippen LogP contribution in [0.3, 0.4) is 0 Å². The standard InChI is InChI=1S/C19H29N3O2/c1-11-8-7-9-20-18(11)24-10-19(4,5)21-17(23)16-14-12(2)22(6)13(3)15(14)16/h7-9,12-16H,10H2,1-6H3,(H,21,23)/t12-,13+,14-,15+,16?. The van der Waals surface area contributed by atoms with Gasteiger partial charge in [-0.3, -0.25) is 4.79 Å². The number of aromatic nitrogens is 1. The first-order chi connectivity index (χ1) is 11.2. The van der Waals surface area contributed by atoms with Crippen LogP contribution in [-0.4, -0.2) is 47.1 Å². The Morgan fingerprint density at radius 3 is 2.54 bits per heavy atom. The molecule has 1 unspecified atom stereocenters. The van der Waals surface area contributed by atoms with Crippen LogP contribution in [0.15, 0.2) is 18.3 Å². The van der Waals surface area contributed by atoms with Gasteiger partial charge in [-0.15, -0.1) is 0 Å². The number of ether oxygens (including phenoxy) is 1. The highest BCUT2D eigenvalue weighted by atomic mass is 16.5. The summed E-state index contributed by atoms with van der Waals surface area (Å²) in [6, 6.07) is 4.83. The molecular formula is C19H29N3O2. The van der Waals surface area contributed by atoms with Gasteiger partial charge in [-0.05, 0) is 59.6 Å². The molecule has 132 valence electrons. The fourth-order valence-electron chi connectivity index (χ4n) is 4.19. The summed E-state index contributed by atoms with van der Waals surface area (Å²) in [7, 11) is 2.16. The molecule has 2 heterocycles. The molecule has 2 aliphatic rings. The van der Waals surface area contributed by atoms with Crippen molar-refractivity contribution < 1.29 is 9.53 Å². The molecule has 0 radical (unpaired) electrons. The summed E-state index contributed by atoms with van der Waals surface area (Å²) in [6.45, 7) is 10.8. The zero-order valence-corrected chi connectivity index (χ0v) is 15.5. The predicted octanol–water partition coefficient (Wildman–Crippen LogP) is 2.25. The van der Waals surface area contributed by atoms with Crippen LogP contribution >= 0.6 is 0 Å². The topological polar surface area (TPSA) is 54.5 Å². The average molecular weight is 331 g/mol. The molecular weight excluding hydrogens is 302 g/mol. The van der Waals surface area contributed by atoms with E-state index in [0.717, 1.165) is 5.56 Å². The number of aryl methyl sites for hydroxylation is 1. The van der Waals surface area contributed by atoms with Crippen LogP contribution in [0.25, 0.3) is 0 Å². The van der Waals surface area contributed by atoms with Crippen LogP contribution in [0, 0.1) is 24.7 Å². The third-order valence-corrected chi connectivity index (χ3v) is 5.83. The summed E-state index contributed by atoms with van der Waals surface area (Å²) in [5.41, 5.74) is 0.582. The summed E-state index contributed by atoms with van der Waals surface area (Å²) >= 11 is 0. The number of carbonyl (C=O) groups excluding carboxylic acids is 1. The minimum atomic E-state index is -0.420. The number of hydrogen-bond acceptors (Lipinski definition) is 4. The third kappa shape index (κ3) is 3.02. The van der Waals surface area contributed by atoms with Gasteiger partial charge >= 0.3 is 0 Å². The molecule has 24 heavy (non-hydrogen) atoms. The lowest BCUT2D eigenvalue weighted by Crippen LogP contribution is -2.50. The van der Waals surface area contributed by atoms with Crippen LogP contribution < -0.4 is 10.1 Å². The molecule has 1 aliphatic heterocycles. The van der Waals surface area contributed by atoms with E-state index in [0.29, 0.717) is 36.4 Å². The number of nitrogens with zero attached hydrogens (tertiary/aromatic N) is 2. The maximum Gasteiger partial charge on any atom is 0.224 e. The van der Waals surface area contributed by atoms with Gasteiger partial charge in [0.15, 0.2) is 0 Å². The van der Waals surface area contributed by atoms with Gasteiger partial charge in [-0.1, -0.05) is 6.07 Å². The van der Waals surface area contributed by atoms with Crippen LogP contribution in [0.4, 0.5) is 0 Å². The van der Waals surface area contributed by atoms with Crippen LogP contribution in [0.2, 0.25) is 0 Å². The number of carbonyl (C=O) groups is 1. The molecule has 2 fully saturated rings. The van der Waals surface area contributed by atoms with Gasteiger partial charge in [0.05, 0.1) is 5.54 Å². The monoisotopic (exact) mass is 331 g/mol. The van der Waals surface area contributed by atoms with Crippen molar-refractivity contribution in [2.45, 2.75) is 52.2 Å². The molecule has 5 atom stereocenters. The minimum Gasteiger partial charge on any atom is -0.475 e. The molecule has 3 rings (SSSR count). The quantitative estimate of drug-likeness (QED) is 0.899. The summed E-state index contributed by atoms with van der Waals surface area (Å²) < 4.78 is 5.82. The molecule has 1 N–H and O–H groups in total.